The largest absolute Gasteiger partial charge is 0.459 e. The van der Waals surface area contributed by atoms with Crippen LogP contribution < -0.4 is 0 Å². The van der Waals surface area contributed by atoms with Gasteiger partial charge in [0.15, 0.2) is 5.76 Å². The summed E-state index contributed by atoms with van der Waals surface area (Å²) in [5.74, 6) is 0.177. The summed E-state index contributed by atoms with van der Waals surface area (Å²) in [6, 6.07) is 13.7. The lowest BCUT2D eigenvalue weighted by Crippen LogP contribution is -2.09. The van der Waals surface area contributed by atoms with Crippen LogP contribution in [0.15, 0.2) is 53.3 Å². The molecule has 2 heterocycles. The van der Waals surface area contributed by atoms with Crippen LogP contribution in [0, 0.1) is 6.07 Å². The molecule has 3 rings (SSSR count). The Morgan fingerprint density at radius 1 is 1.31 bits per heavy atom. The molecular formula is C13H8NO2. The number of nitrogens with zero attached hydrogens (tertiary/aromatic N) is 1. The molecule has 0 bridgehead atoms. The first-order valence-corrected chi connectivity index (χ1v) is 4.91. The van der Waals surface area contributed by atoms with Crippen molar-refractivity contribution in [3.05, 3.63) is 60.7 Å². The van der Waals surface area contributed by atoms with E-state index in [9.17, 15) is 4.79 Å². The van der Waals surface area contributed by atoms with Crippen molar-refractivity contribution in [1.29, 1.82) is 0 Å². The fraction of sp³-hybridized carbons (Fsp3) is 0. The predicted molar refractivity (Wildman–Crippen MR) is 59.2 cm³/mol. The van der Waals surface area contributed by atoms with Crippen LogP contribution in [0.4, 0.5) is 0 Å². The summed E-state index contributed by atoms with van der Waals surface area (Å²) in [4.78, 5) is 12.0. The summed E-state index contributed by atoms with van der Waals surface area (Å²) in [5, 5.41) is 0.988. The number of hydrogen-bond acceptors (Lipinski definition) is 2. The molecule has 0 atom stereocenters. The Kier molecular flexibility index (Phi) is 1.90. The van der Waals surface area contributed by atoms with E-state index in [-0.39, 0.29) is 5.91 Å². The molecule has 1 aromatic carbocycles. The molecule has 0 aliphatic rings. The van der Waals surface area contributed by atoms with Crippen LogP contribution in [0.1, 0.15) is 10.6 Å². The normalized spacial score (nSPS) is 10.8. The average molecular weight is 210 g/mol. The van der Waals surface area contributed by atoms with E-state index in [1.807, 2.05) is 18.2 Å². The Labute approximate surface area is 91.9 Å². The summed E-state index contributed by atoms with van der Waals surface area (Å²) in [6.45, 7) is 0. The number of rotatable bonds is 1. The highest BCUT2D eigenvalue weighted by Gasteiger charge is 2.12. The van der Waals surface area contributed by atoms with Crippen molar-refractivity contribution in [2.24, 2.45) is 0 Å². The Morgan fingerprint density at radius 3 is 3.06 bits per heavy atom. The summed E-state index contributed by atoms with van der Waals surface area (Å²) >= 11 is 0. The zero-order valence-corrected chi connectivity index (χ0v) is 8.38. The average Bonchev–Trinajstić information content (AvgIpc) is 2.98. The zero-order valence-electron chi connectivity index (χ0n) is 8.38. The molecule has 0 fully saturated rings. The van der Waals surface area contributed by atoms with Gasteiger partial charge in [0.1, 0.15) is 0 Å². The third-order valence-electron chi connectivity index (χ3n) is 2.49. The Balaban J connectivity index is 2.16. The van der Waals surface area contributed by atoms with Crippen molar-refractivity contribution >= 4 is 16.8 Å². The first-order valence-electron chi connectivity index (χ1n) is 4.91. The number of carbonyl (C=O) groups is 1. The fourth-order valence-electron chi connectivity index (χ4n) is 1.72. The molecule has 0 saturated heterocycles. The number of fused-ring (bicyclic) bond motifs is 1. The van der Waals surface area contributed by atoms with E-state index < -0.39 is 0 Å². The fourth-order valence-corrected chi connectivity index (χ4v) is 1.72. The number of hydrogen-bond donors (Lipinski definition) is 0. The van der Waals surface area contributed by atoms with Gasteiger partial charge in [-0.15, -0.1) is 0 Å². The van der Waals surface area contributed by atoms with Gasteiger partial charge in [0.25, 0.3) is 5.91 Å². The molecule has 0 aliphatic heterocycles. The quantitative estimate of drug-likeness (QED) is 0.619. The van der Waals surface area contributed by atoms with Crippen molar-refractivity contribution in [1.82, 2.24) is 4.57 Å². The highest BCUT2D eigenvalue weighted by molar-refractivity contribution is 6.00. The van der Waals surface area contributed by atoms with E-state index in [0.29, 0.717) is 5.76 Å². The molecule has 0 unspecified atom stereocenters. The van der Waals surface area contributed by atoms with E-state index in [1.54, 1.807) is 29.0 Å². The molecule has 3 nitrogen and oxygen atoms in total. The summed E-state index contributed by atoms with van der Waals surface area (Å²) in [7, 11) is 0. The standard InChI is InChI=1S/C13H8NO2/c15-13(12-6-3-9-16-12)14-8-7-10-4-1-2-5-11(10)14/h2-9H. The number of aromatic nitrogens is 1. The molecule has 3 aromatic rings. The van der Waals surface area contributed by atoms with Gasteiger partial charge < -0.3 is 4.42 Å². The van der Waals surface area contributed by atoms with E-state index in [4.69, 9.17) is 4.42 Å². The van der Waals surface area contributed by atoms with E-state index >= 15 is 0 Å². The maximum Gasteiger partial charge on any atom is 0.298 e. The third-order valence-corrected chi connectivity index (χ3v) is 2.49. The van der Waals surface area contributed by atoms with Crippen molar-refractivity contribution < 1.29 is 9.21 Å². The van der Waals surface area contributed by atoms with Gasteiger partial charge in [-0.25, -0.2) is 0 Å². The SMILES string of the molecule is O=C(c1ccco1)n1ccc2c[c]ccc21. The Bertz CT molecular complexity index is 635. The number of carbonyl (C=O) groups excluding carboxylic acids is 1. The van der Waals surface area contributed by atoms with E-state index in [0.717, 1.165) is 10.9 Å². The van der Waals surface area contributed by atoms with Crippen LogP contribution in [0.3, 0.4) is 0 Å². The van der Waals surface area contributed by atoms with Gasteiger partial charge in [-0.2, -0.15) is 0 Å². The lowest BCUT2D eigenvalue weighted by Gasteiger charge is -2.00. The van der Waals surface area contributed by atoms with Crippen LogP contribution in [0.25, 0.3) is 10.9 Å². The highest BCUT2D eigenvalue weighted by atomic mass is 16.3. The second-order valence-corrected chi connectivity index (χ2v) is 3.45. The Hall–Kier alpha value is -2.29. The van der Waals surface area contributed by atoms with Gasteiger partial charge in [0, 0.05) is 11.6 Å². The van der Waals surface area contributed by atoms with Crippen molar-refractivity contribution in [2.45, 2.75) is 0 Å². The highest BCUT2D eigenvalue weighted by Crippen LogP contribution is 2.16. The van der Waals surface area contributed by atoms with Gasteiger partial charge in [0.05, 0.1) is 11.8 Å². The molecule has 2 aromatic heterocycles. The number of benzene rings is 1. The van der Waals surface area contributed by atoms with Crippen LogP contribution in [0.5, 0.6) is 0 Å². The van der Waals surface area contributed by atoms with Crippen LogP contribution in [-0.4, -0.2) is 10.5 Å². The molecular weight excluding hydrogens is 202 g/mol. The molecule has 1 radical (unpaired) electrons. The van der Waals surface area contributed by atoms with Gasteiger partial charge in [-0.3, -0.25) is 9.36 Å². The van der Waals surface area contributed by atoms with Gasteiger partial charge in [-0.1, -0.05) is 6.07 Å². The lowest BCUT2D eigenvalue weighted by molar-refractivity contribution is 0.0937. The first kappa shape index (κ1) is 8.97. The minimum absolute atomic E-state index is 0.161. The second-order valence-electron chi connectivity index (χ2n) is 3.45. The zero-order chi connectivity index (χ0) is 11.0. The maximum atomic E-state index is 12.0. The van der Waals surface area contributed by atoms with Crippen LogP contribution in [-0.2, 0) is 0 Å². The molecule has 3 heteroatoms. The summed E-state index contributed by atoms with van der Waals surface area (Å²) in [6.07, 6.45) is 3.23. The number of furan rings is 1. The molecule has 0 amide bonds. The van der Waals surface area contributed by atoms with E-state index in [1.165, 1.54) is 6.26 Å². The summed E-state index contributed by atoms with van der Waals surface area (Å²) in [5.41, 5.74) is 0.861. The molecule has 0 aliphatic carbocycles. The molecule has 77 valence electrons. The monoisotopic (exact) mass is 210 g/mol. The minimum Gasteiger partial charge on any atom is -0.459 e. The third kappa shape index (κ3) is 1.26. The first-order chi connectivity index (χ1) is 7.86. The minimum atomic E-state index is -0.161. The van der Waals surface area contributed by atoms with Crippen molar-refractivity contribution in [3.8, 4) is 0 Å². The topological polar surface area (TPSA) is 35.1 Å². The second kappa shape index (κ2) is 3.38. The van der Waals surface area contributed by atoms with Gasteiger partial charge in [0.2, 0.25) is 0 Å². The maximum absolute atomic E-state index is 12.0. The van der Waals surface area contributed by atoms with Crippen LogP contribution in [0.2, 0.25) is 0 Å². The molecule has 0 saturated carbocycles. The summed E-state index contributed by atoms with van der Waals surface area (Å²) < 4.78 is 6.66. The molecule has 16 heavy (non-hydrogen) atoms. The molecule has 0 N–H and O–H groups in total. The molecule has 0 spiro atoms. The predicted octanol–water partition coefficient (Wildman–Crippen LogP) is 2.72. The van der Waals surface area contributed by atoms with Gasteiger partial charge >= 0.3 is 0 Å². The van der Waals surface area contributed by atoms with Crippen molar-refractivity contribution in [2.75, 3.05) is 0 Å². The van der Waals surface area contributed by atoms with Crippen molar-refractivity contribution in [3.63, 3.8) is 0 Å². The lowest BCUT2D eigenvalue weighted by atomic mass is 10.2. The smallest absolute Gasteiger partial charge is 0.298 e. The van der Waals surface area contributed by atoms with E-state index in [2.05, 4.69) is 6.07 Å². The van der Waals surface area contributed by atoms with Gasteiger partial charge in [-0.05, 0) is 36.4 Å². The Morgan fingerprint density at radius 2 is 2.25 bits per heavy atom. The van der Waals surface area contributed by atoms with Crippen LogP contribution >= 0.6 is 0 Å².